The van der Waals surface area contributed by atoms with Crippen molar-refractivity contribution < 1.29 is 65.8 Å². The second-order valence-corrected chi connectivity index (χ2v) is 9.46. The predicted octanol–water partition coefficient (Wildman–Crippen LogP) is 0.0503. The molecular formula is C24H17F3N3NaO5S. The molecule has 0 radical (unpaired) electrons. The van der Waals surface area contributed by atoms with Gasteiger partial charge in [0.1, 0.15) is 0 Å². The zero-order valence-electron chi connectivity index (χ0n) is 19.3. The number of carbonyl (C=O) groups is 2. The molecule has 0 fully saturated rings. The summed E-state index contributed by atoms with van der Waals surface area (Å²) >= 11 is 0. The summed E-state index contributed by atoms with van der Waals surface area (Å²) in [6, 6.07) is 18.1. The number of amides is 1. The smallest absolute Gasteiger partial charge is 0.550 e. The third kappa shape index (κ3) is 6.58. The summed E-state index contributed by atoms with van der Waals surface area (Å²) in [7, 11) is -4.33. The number of hydrogen-bond donors (Lipinski definition) is 1. The van der Waals surface area contributed by atoms with Gasteiger partial charge in [0.05, 0.1) is 16.3 Å². The molecule has 8 nitrogen and oxygen atoms in total. The fraction of sp³-hybridized carbons (Fsp3) is 0.125. The van der Waals surface area contributed by atoms with Crippen molar-refractivity contribution in [2.75, 3.05) is 0 Å². The van der Waals surface area contributed by atoms with E-state index < -0.39 is 46.6 Å². The van der Waals surface area contributed by atoms with E-state index in [-0.39, 0.29) is 45.8 Å². The normalized spacial score (nSPS) is 11.6. The number of carbonyl (C=O) groups excluding carboxylic acids is 2. The molecule has 4 rings (SSSR count). The van der Waals surface area contributed by atoms with Gasteiger partial charge in [0, 0.05) is 18.0 Å². The quantitative estimate of drug-likeness (QED) is 0.332. The summed E-state index contributed by atoms with van der Waals surface area (Å²) in [5.74, 6) is -2.55. The Bertz CT molecular complexity index is 1570. The van der Waals surface area contributed by atoms with Gasteiger partial charge in [-0.15, -0.1) is 0 Å². The Hall–Kier alpha value is -3.19. The van der Waals surface area contributed by atoms with Crippen LogP contribution in [0, 0.1) is 0 Å². The number of benzene rings is 3. The van der Waals surface area contributed by atoms with Crippen LogP contribution in [-0.4, -0.2) is 30.1 Å². The predicted molar refractivity (Wildman–Crippen MR) is 121 cm³/mol. The first-order chi connectivity index (χ1) is 16.9. The molecule has 37 heavy (non-hydrogen) atoms. The second-order valence-electron chi connectivity index (χ2n) is 7.78. The number of halogens is 3. The monoisotopic (exact) mass is 539 g/mol. The van der Waals surface area contributed by atoms with E-state index in [2.05, 4.69) is 5.10 Å². The van der Waals surface area contributed by atoms with Gasteiger partial charge >= 0.3 is 35.7 Å². The van der Waals surface area contributed by atoms with Gasteiger partial charge in [-0.2, -0.15) is 18.3 Å². The molecule has 0 atom stereocenters. The van der Waals surface area contributed by atoms with Crippen molar-refractivity contribution in [3.05, 3.63) is 78.5 Å². The summed E-state index contributed by atoms with van der Waals surface area (Å²) in [6.45, 7) is 0. The average molecular weight is 539 g/mol. The van der Waals surface area contributed by atoms with E-state index in [1.54, 1.807) is 29.0 Å². The molecule has 1 N–H and O–H groups in total. The SMILES string of the molecule is O=C([O-])CCC(=O)NS(=O)(=O)c1ccc(-n2nc(C(F)(F)F)cc2-c2ccc3ccccc3c2)cc1.[Na+]. The van der Waals surface area contributed by atoms with Crippen molar-refractivity contribution in [2.24, 2.45) is 0 Å². The van der Waals surface area contributed by atoms with Crippen LogP contribution in [0.5, 0.6) is 0 Å². The molecule has 13 heteroatoms. The van der Waals surface area contributed by atoms with E-state index in [0.29, 0.717) is 5.56 Å². The number of hydrogen-bond acceptors (Lipinski definition) is 6. The zero-order valence-corrected chi connectivity index (χ0v) is 22.1. The maximum Gasteiger partial charge on any atom is 1.00 e. The number of nitrogens with zero attached hydrogens (tertiary/aromatic N) is 2. The largest absolute Gasteiger partial charge is 1.00 e. The molecule has 0 aliphatic carbocycles. The molecule has 186 valence electrons. The van der Waals surface area contributed by atoms with E-state index in [4.69, 9.17) is 0 Å². The standard InChI is InChI=1S/C24H18F3N3O5S.Na/c25-24(26,27)21-14-20(17-6-5-15-3-1-2-4-16(15)13-17)30(28-21)18-7-9-19(10-8-18)36(34,35)29-22(31)11-12-23(32)33;/h1-10,13-14H,11-12H2,(H,29,31)(H,32,33);/q;+1/p-1. The number of rotatable bonds is 7. The van der Waals surface area contributed by atoms with Crippen LogP contribution < -0.4 is 39.4 Å². The van der Waals surface area contributed by atoms with Gasteiger partial charge in [-0.05, 0) is 53.6 Å². The van der Waals surface area contributed by atoms with Crippen LogP contribution in [0.3, 0.4) is 0 Å². The van der Waals surface area contributed by atoms with E-state index in [1.807, 2.05) is 18.2 Å². The molecule has 0 saturated carbocycles. The minimum atomic E-state index is -4.71. The van der Waals surface area contributed by atoms with Crippen molar-refractivity contribution in [2.45, 2.75) is 23.9 Å². The van der Waals surface area contributed by atoms with E-state index in [1.165, 1.54) is 12.1 Å². The Labute approximate surface area is 231 Å². The summed E-state index contributed by atoms with van der Waals surface area (Å²) in [5.41, 5.74) is -0.369. The molecule has 1 heterocycles. The van der Waals surface area contributed by atoms with Gasteiger partial charge in [0.25, 0.3) is 10.0 Å². The molecule has 0 saturated heterocycles. The molecule has 4 aromatic rings. The summed E-state index contributed by atoms with van der Waals surface area (Å²) in [5, 5.41) is 15.9. The van der Waals surface area contributed by atoms with Crippen LogP contribution in [0.1, 0.15) is 18.5 Å². The fourth-order valence-electron chi connectivity index (χ4n) is 3.51. The number of aromatic nitrogens is 2. The minimum absolute atomic E-state index is 0. The van der Waals surface area contributed by atoms with Crippen LogP contribution in [0.4, 0.5) is 13.2 Å². The number of aliphatic carboxylic acids is 1. The molecule has 1 aromatic heterocycles. The van der Waals surface area contributed by atoms with Crippen molar-refractivity contribution >= 4 is 32.7 Å². The maximum atomic E-state index is 13.5. The second kappa shape index (κ2) is 11.1. The van der Waals surface area contributed by atoms with Crippen LogP contribution >= 0.6 is 0 Å². The van der Waals surface area contributed by atoms with E-state index in [9.17, 15) is 36.3 Å². The van der Waals surface area contributed by atoms with Gasteiger partial charge in [-0.25, -0.2) is 17.8 Å². The molecule has 1 amide bonds. The van der Waals surface area contributed by atoms with Crippen LogP contribution in [0.15, 0.2) is 77.7 Å². The summed E-state index contributed by atoms with van der Waals surface area (Å²) in [4.78, 5) is 21.8. The Morgan fingerprint density at radius 2 is 1.57 bits per heavy atom. The van der Waals surface area contributed by atoms with Crippen molar-refractivity contribution in [3.8, 4) is 16.9 Å². The van der Waals surface area contributed by atoms with Crippen molar-refractivity contribution in [1.82, 2.24) is 14.5 Å². The first kappa shape index (κ1) is 28.4. The van der Waals surface area contributed by atoms with Crippen molar-refractivity contribution in [1.29, 1.82) is 0 Å². The van der Waals surface area contributed by atoms with Crippen LogP contribution in [0.2, 0.25) is 0 Å². The minimum Gasteiger partial charge on any atom is -0.550 e. The van der Waals surface area contributed by atoms with Crippen LogP contribution in [0.25, 0.3) is 27.7 Å². The molecular weight excluding hydrogens is 522 g/mol. The Morgan fingerprint density at radius 1 is 0.919 bits per heavy atom. The van der Waals surface area contributed by atoms with Gasteiger partial charge < -0.3 is 9.90 Å². The number of carboxylic acids is 1. The number of fused-ring (bicyclic) bond motifs is 1. The molecule has 0 aliphatic heterocycles. The number of sulfonamides is 1. The maximum absolute atomic E-state index is 13.5. The number of carboxylic acid groups (broad SMARTS) is 1. The van der Waals surface area contributed by atoms with Gasteiger partial charge in [0.2, 0.25) is 5.91 Å². The van der Waals surface area contributed by atoms with Crippen molar-refractivity contribution in [3.63, 3.8) is 0 Å². The third-order valence-electron chi connectivity index (χ3n) is 5.24. The molecule has 0 aliphatic rings. The van der Waals surface area contributed by atoms with Gasteiger partial charge in [0.15, 0.2) is 5.69 Å². The number of nitrogens with one attached hydrogen (secondary N) is 1. The molecule has 0 spiro atoms. The Morgan fingerprint density at radius 3 is 2.19 bits per heavy atom. The summed E-state index contributed by atoms with van der Waals surface area (Å²) < 4.78 is 68.1. The zero-order chi connectivity index (χ0) is 26.1. The van der Waals surface area contributed by atoms with Gasteiger partial charge in [-0.1, -0.05) is 36.4 Å². The van der Waals surface area contributed by atoms with E-state index >= 15 is 0 Å². The average Bonchev–Trinajstić information content (AvgIpc) is 3.28. The Kier molecular flexibility index (Phi) is 8.48. The first-order valence-corrected chi connectivity index (χ1v) is 11.9. The molecule has 0 unspecified atom stereocenters. The molecule has 3 aromatic carbocycles. The first-order valence-electron chi connectivity index (χ1n) is 10.5. The van der Waals surface area contributed by atoms with Gasteiger partial charge in [-0.3, -0.25) is 4.79 Å². The topological polar surface area (TPSA) is 121 Å². The number of alkyl halides is 3. The Balaban J connectivity index is 0.00000380. The summed E-state index contributed by atoms with van der Waals surface area (Å²) in [6.07, 6.45) is -5.96. The third-order valence-corrected chi connectivity index (χ3v) is 6.63. The van der Waals surface area contributed by atoms with Crippen LogP contribution in [-0.2, 0) is 25.8 Å². The fourth-order valence-corrected chi connectivity index (χ4v) is 4.53. The van der Waals surface area contributed by atoms with E-state index in [0.717, 1.165) is 33.7 Å². The molecule has 0 bridgehead atoms.